The molecule has 0 fully saturated rings. The molecule has 0 atom stereocenters. The Bertz CT molecular complexity index is 535. The van der Waals surface area contributed by atoms with E-state index in [9.17, 15) is 4.79 Å². The van der Waals surface area contributed by atoms with Crippen LogP contribution in [0.1, 0.15) is 10.4 Å². The molecule has 0 radical (unpaired) electrons. The lowest BCUT2D eigenvalue weighted by molar-refractivity contribution is 0.0604. The van der Waals surface area contributed by atoms with Gasteiger partial charge in [0, 0.05) is 5.39 Å². The number of rotatable bonds is 1. The molecule has 2 aromatic rings. The lowest BCUT2D eigenvalue weighted by atomic mass is 10.2. The molecule has 78 valence electrons. The first kappa shape index (κ1) is 9.79. The van der Waals surface area contributed by atoms with Crippen LogP contribution in [0, 0.1) is 0 Å². The fourth-order valence-corrected chi connectivity index (χ4v) is 1.57. The van der Waals surface area contributed by atoms with Crippen LogP contribution < -0.4 is 5.73 Å². The van der Waals surface area contributed by atoms with Crippen LogP contribution in [0.2, 0.25) is 5.15 Å². The normalized spacial score (nSPS) is 10.5. The highest BCUT2D eigenvalue weighted by atomic mass is 35.5. The summed E-state index contributed by atoms with van der Waals surface area (Å²) in [7, 11) is 1.30. The largest absolute Gasteiger partial charge is 0.465 e. The zero-order chi connectivity index (χ0) is 11.0. The van der Waals surface area contributed by atoms with E-state index in [4.69, 9.17) is 17.3 Å². The van der Waals surface area contributed by atoms with Gasteiger partial charge in [-0.25, -0.2) is 9.78 Å². The van der Waals surface area contributed by atoms with E-state index < -0.39 is 5.97 Å². The maximum Gasteiger partial charge on any atom is 0.342 e. The first-order chi connectivity index (χ1) is 7.13. The molecule has 6 heteroatoms. The molecule has 0 bridgehead atoms. The predicted octanol–water partition coefficient (Wildman–Crippen LogP) is 1.59. The Labute approximate surface area is 90.2 Å². The number of nitrogens with two attached hydrogens (primary N) is 1. The number of H-pyrrole nitrogens is 1. The number of aromatic amines is 1. The van der Waals surface area contributed by atoms with Crippen molar-refractivity contribution in [1.29, 1.82) is 0 Å². The van der Waals surface area contributed by atoms with Crippen molar-refractivity contribution in [2.24, 2.45) is 0 Å². The van der Waals surface area contributed by atoms with Crippen LogP contribution in [0.25, 0.3) is 10.9 Å². The first-order valence-corrected chi connectivity index (χ1v) is 4.52. The minimum absolute atomic E-state index is 0.251. The van der Waals surface area contributed by atoms with Gasteiger partial charge in [0.1, 0.15) is 16.5 Å². The maximum absolute atomic E-state index is 11.4. The molecule has 2 rings (SSSR count). The van der Waals surface area contributed by atoms with Crippen LogP contribution in [-0.2, 0) is 4.74 Å². The number of nitrogen functional groups attached to an aromatic ring is 1. The van der Waals surface area contributed by atoms with E-state index in [0.29, 0.717) is 16.1 Å². The van der Waals surface area contributed by atoms with Crippen LogP contribution in [0.5, 0.6) is 0 Å². The number of anilines is 1. The zero-order valence-corrected chi connectivity index (χ0v) is 8.63. The van der Waals surface area contributed by atoms with E-state index in [-0.39, 0.29) is 11.4 Å². The van der Waals surface area contributed by atoms with Crippen molar-refractivity contribution in [2.45, 2.75) is 0 Å². The van der Waals surface area contributed by atoms with E-state index in [1.54, 1.807) is 6.07 Å². The highest BCUT2D eigenvalue weighted by molar-refractivity contribution is 6.30. The molecule has 0 aliphatic carbocycles. The number of hydrogen-bond acceptors (Lipinski definition) is 4. The number of esters is 1. The van der Waals surface area contributed by atoms with E-state index >= 15 is 0 Å². The topological polar surface area (TPSA) is 81.0 Å². The van der Waals surface area contributed by atoms with Crippen molar-refractivity contribution in [1.82, 2.24) is 9.97 Å². The number of hydrogen-bond donors (Lipinski definition) is 2. The molecule has 0 amide bonds. The maximum atomic E-state index is 11.4. The van der Waals surface area contributed by atoms with Gasteiger partial charge in [-0.2, -0.15) is 0 Å². The van der Waals surface area contributed by atoms with Crippen LogP contribution in [0.15, 0.2) is 12.3 Å². The fraction of sp³-hybridized carbons (Fsp3) is 0.111. The Morgan fingerprint density at radius 3 is 3.07 bits per heavy atom. The average molecular weight is 226 g/mol. The second-order valence-electron chi connectivity index (χ2n) is 2.96. The first-order valence-electron chi connectivity index (χ1n) is 4.14. The molecule has 2 aromatic heterocycles. The molecular weight excluding hydrogens is 218 g/mol. The van der Waals surface area contributed by atoms with Gasteiger partial charge >= 0.3 is 5.97 Å². The third-order valence-electron chi connectivity index (χ3n) is 2.07. The number of aromatic nitrogens is 2. The van der Waals surface area contributed by atoms with E-state index in [1.165, 1.54) is 13.3 Å². The Morgan fingerprint density at radius 1 is 1.67 bits per heavy atom. The number of methoxy groups -OCH3 is 1. The van der Waals surface area contributed by atoms with E-state index in [1.807, 2.05) is 0 Å². The molecular formula is C9H8ClN3O2. The highest BCUT2D eigenvalue weighted by Crippen LogP contribution is 2.26. The van der Waals surface area contributed by atoms with Crippen molar-refractivity contribution >= 4 is 34.3 Å². The van der Waals surface area contributed by atoms with Crippen molar-refractivity contribution < 1.29 is 9.53 Å². The molecule has 0 aliphatic rings. The van der Waals surface area contributed by atoms with Crippen LogP contribution >= 0.6 is 11.6 Å². The smallest absolute Gasteiger partial charge is 0.342 e. The predicted molar refractivity (Wildman–Crippen MR) is 56.9 cm³/mol. The van der Waals surface area contributed by atoms with Crippen molar-refractivity contribution in [2.75, 3.05) is 12.8 Å². The molecule has 3 N–H and O–H groups in total. The second kappa shape index (κ2) is 3.43. The minimum atomic E-state index is -0.499. The van der Waals surface area contributed by atoms with Gasteiger partial charge in [-0.3, -0.25) is 0 Å². The third-order valence-corrected chi connectivity index (χ3v) is 2.27. The van der Waals surface area contributed by atoms with Gasteiger partial charge in [0.2, 0.25) is 0 Å². The summed E-state index contributed by atoms with van der Waals surface area (Å²) in [6.45, 7) is 0. The van der Waals surface area contributed by atoms with Gasteiger partial charge in [0.25, 0.3) is 0 Å². The van der Waals surface area contributed by atoms with Crippen LogP contribution in [0.3, 0.4) is 0 Å². The van der Waals surface area contributed by atoms with Crippen molar-refractivity contribution in [3.63, 3.8) is 0 Å². The molecule has 0 aliphatic heterocycles. The molecule has 5 nitrogen and oxygen atoms in total. The average Bonchev–Trinajstić information content (AvgIpc) is 2.52. The number of carbonyl (C=O) groups excluding carboxylic acids is 1. The SMILES string of the molecule is COC(=O)c1c(N)[nH]c2cnc(Cl)cc12. The van der Waals surface area contributed by atoms with Gasteiger partial charge in [-0.15, -0.1) is 0 Å². The van der Waals surface area contributed by atoms with Gasteiger partial charge in [0.05, 0.1) is 18.8 Å². The van der Waals surface area contributed by atoms with Crippen LogP contribution in [0.4, 0.5) is 5.82 Å². The van der Waals surface area contributed by atoms with Crippen LogP contribution in [-0.4, -0.2) is 23.0 Å². The lowest BCUT2D eigenvalue weighted by Gasteiger charge is -1.97. The number of carbonyl (C=O) groups is 1. The monoisotopic (exact) mass is 225 g/mol. The summed E-state index contributed by atoms with van der Waals surface area (Å²) < 4.78 is 4.62. The van der Waals surface area contributed by atoms with Gasteiger partial charge in [-0.05, 0) is 6.07 Å². The zero-order valence-electron chi connectivity index (χ0n) is 7.87. The summed E-state index contributed by atoms with van der Waals surface area (Å²) in [5.74, 6) is -0.248. The molecule has 0 unspecified atom stereocenters. The number of pyridine rings is 1. The number of halogens is 1. The summed E-state index contributed by atoms with van der Waals surface area (Å²) in [6, 6.07) is 1.57. The van der Waals surface area contributed by atoms with Crippen molar-refractivity contribution in [3.05, 3.63) is 23.0 Å². The van der Waals surface area contributed by atoms with E-state index in [2.05, 4.69) is 14.7 Å². The Balaban J connectivity index is 2.76. The molecule has 2 heterocycles. The Hall–Kier alpha value is -1.75. The lowest BCUT2D eigenvalue weighted by Crippen LogP contribution is -2.03. The molecule has 0 spiro atoms. The quantitative estimate of drug-likeness (QED) is 0.570. The fourth-order valence-electron chi connectivity index (χ4n) is 1.41. The summed E-state index contributed by atoms with van der Waals surface area (Å²) in [4.78, 5) is 18.1. The summed E-state index contributed by atoms with van der Waals surface area (Å²) in [5.41, 5.74) is 6.59. The minimum Gasteiger partial charge on any atom is -0.465 e. The molecule has 0 aromatic carbocycles. The Morgan fingerprint density at radius 2 is 2.40 bits per heavy atom. The van der Waals surface area contributed by atoms with Gasteiger partial charge in [-0.1, -0.05) is 11.6 Å². The number of nitrogens with one attached hydrogen (secondary N) is 1. The van der Waals surface area contributed by atoms with Crippen molar-refractivity contribution in [3.8, 4) is 0 Å². The van der Waals surface area contributed by atoms with Gasteiger partial charge < -0.3 is 15.5 Å². The molecule has 0 saturated carbocycles. The Kier molecular flexibility index (Phi) is 2.24. The summed E-state index contributed by atoms with van der Waals surface area (Å²) in [6.07, 6.45) is 1.51. The number of ether oxygens (including phenoxy) is 1. The third kappa shape index (κ3) is 1.50. The van der Waals surface area contributed by atoms with Gasteiger partial charge in [0.15, 0.2) is 0 Å². The molecule has 0 saturated heterocycles. The second-order valence-corrected chi connectivity index (χ2v) is 3.35. The highest BCUT2D eigenvalue weighted by Gasteiger charge is 2.17. The standard InChI is InChI=1S/C9H8ClN3O2/c1-15-9(14)7-4-2-6(10)12-3-5(4)13-8(7)11/h2-3,13H,11H2,1H3. The summed E-state index contributed by atoms with van der Waals surface area (Å²) >= 11 is 5.73. The molecule has 15 heavy (non-hydrogen) atoms. The number of fused-ring (bicyclic) bond motifs is 1. The number of nitrogens with zero attached hydrogens (tertiary/aromatic N) is 1. The summed E-state index contributed by atoms with van der Waals surface area (Å²) in [5, 5.41) is 0.908. The van der Waals surface area contributed by atoms with E-state index in [0.717, 1.165) is 0 Å².